The van der Waals surface area contributed by atoms with Crippen LogP contribution in [0, 0.1) is 0 Å². The van der Waals surface area contributed by atoms with Crippen LogP contribution in [0.1, 0.15) is 38.2 Å². The topological polar surface area (TPSA) is 46.9 Å². The summed E-state index contributed by atoms with van der Waals surface area (Å²) in [5.41, 5.74) is 2.82. The molecule has 0 saturated carbocycles. The van der Waals surface area contributed by atoms with Gasteiger partial charge in [-0.1, -0.05) is 38.1 Å². The van der Waals surface area contributed by atoms with Crippen molar-refractivity contribution in [1.82, 2.24) is 14.9 Å². The van der Waals surface area contributed by atoms with Crippen molar-refractivity contribution >= 4 is 10.9 Å². The van der Waals surface area contributed by atoms with Crippen LogP contribution in [0.5, 0.6) is 0 Å². The normalized spacial score (nSPS) is 12.5. The molecule has 0 spiro atoms. The standard InChI is InChI=1S/C20H23N3O/c1-4-15-10-12-16(13-11-15)23-19(14(3)21-5-2)22-18-9-7-6-8-17(18)20(23)24/h6-14,21H,4-5H2,1-3H3/t14-/m1/s1. The second kappa shape index (κ2) is 6.97. The third-order valence-corrected chi connectivity index (χ3v) is 4.30. The molecule has 3 rings (SSSR count). The van der Waals surface area contributed by atoms with E-state index in [0.717, 1.165) is 30.0 Å². The largest absolute Gasteiger partial charge is 0.308 e. The molecule has 4 nitrogen and oxygen atoms in total. The minimum absolute atomic E-state index is 0.0156. The SMILES string of the molecule is CCN[C@H](C)c1nc2ccccc2c(=O)n1-c1ccc(CC)cc1. The number of hydrogen-bond acceptors (Lipinski definition) is 3. The van der Waals surface area contributed by atoms with E-state index in [1.807, 2.05) is 43.3 Å². The quantitative estimate of drug-likeness (QED) is 0.781. The van der Waals surface area contributed by atoms with E-state index in [4.69, 9.17) is 4.98 Å². The zero-order valence-electron chi connectivity index (χ0n) is 14.4. The number of benzene rings is 2. The molecule has 0 unspecified atom stereocenters. The van der Waals surface area contributed by atoms with Crippen LogP contribution in [0.25, 0.3) is 16.6 Å². The first-order valence-electron chi connectivity index (χ1n) is 8.50. The first-order chi connectivity index (χ1) is 11.7. The summed E-state index contributed by atoms with van der Waals surface area (Å²) in [6.45, 7) is 7.03. The van der Waals surface area contributed by atoms with Crippen LogP contribution < -0.4 is 10.9 Å². The number of rotatable bonds is 5. The number of para-hydroxylation sites is 1. The molecule has 24 heavy (non-hydrogen) atoms. The second-order valence-electron chi connectivity index (χ2n) is 5.93. The molecule has 0 aliphatic carbocycles. The molecule has 0 bridgehead atoms. The molecule has 1 atom stereocenters. The third kappa shape index (κ3) is 2.97. The number of aryl methyl sites for hydroxylation is 1. The molecule has 1 N–H and O–H groups in total. The van der Waals surface area contributed by atoms with E-state index in [9.17, 15) is 4.79 Å². The highest BCUT2D eigenvalue weighted by Crippen LogP contribution is 2.18. The van der Waals surface area contributed by atoms with E-state index in [-0.39, 0.29) is 11.6 Å². The highest BCUT2D eigenvalue weighted by molar-refractivity contribution is 5.77. The van der Waals surface area contributed by atoms with E-state index in [2.05, 4.69) is 31.3 Å². The van der Waals surface area contributed by atoms with Gasteiger partial charge in [-0.05, 0) is 49.7 Å². The molecule has 1 aromatic heterocycles. The van der Waals surface area contributed by atoms with E-state index >= 15 is 0 Å². The van der Waals surface area contributed by atoms with Gasteiger partial charge in [0.25, 0.3) is 5.56 Å². The van der Waals surface area contributed by atoms with E-state index in [1.165, 1.54) is 5.56 Å². The van der Waals surface area contributed by atoms with Gasteiger partial charge in [0.2, 0.25) is 0 Å². The van der Waals surface area contributed by atoms with Crippen LogP contribution in [0.15, 0.2) is 53.3 Å². The second-order valence-corrected chi connectivity index (χ2v) is 5.93. The molecule has 0 saturated heterocycles. The number of fused-ring (bicyclic) bond motifs is 1. The van der Waals surface area contributed by atoms with Crippen molar-refractivity contribution in [2.24, 2.45) is 0 Å². The van der Waals surface area contributed by atoms with Gasteiger partial charge in [-0.25, -0.2) is 4.98 Å². The maximum atomic E-state index is 13.1. The van der Waals surface area contributed by atoms with Crippen LogP contribution in [-0.2, 0) is 6.42 Å². The Balaban J connectivity index is 2.27. The van der Waals surface area contributed by atoms with E-state index in [1.54, 1.807) is 4.57 Å². The lowest BCUT2D eigenvalue weighted by Crippen LogP contribution is -2.30. The number of hydrogen-bond donors (Lipinski definition) is 1. The predicted molar refractivity (Wildman–Crippen MR) is 98.8 cm³/mol. The number of aromatic nitrogens is 2. The van der Waals surface area contributed by atoms with Gasteiger partial charge in [-0.3, -0.25) is 9.36 Å². The van der Waals surface area contributed by atoms with Gasteiger partial charge >= 0.3 is 0 Å². The molecule has 4 heteroatoms. The Labute approximate surface area is 142 Å². The lowest BCUT2D eigenvalue weighted by atomic mass is 10.1. The van der Waals surface area contributed by atoms with Crippen molar-refractivity contribution in [1.29, 1.82) is 0 Å². The van der Waals surface area contributed by atoms with E-state index < -0.39 is 0 Å². The lowest BCUT2D eigenvalue weighted by Gasteiger charge is -2.19. The summed E-state index contributed by atoms with van der Waals surface area (Å²) in [4.78, 5) is 17.9. The molecular formula is C20H23N3O. The molecule has 1 heterocycles. The van der Waals surface area contributed by atoms with Crippen molar-refractivity contribution in [2.75, 3.05) is 6.54 Å². The number of nitrogens with zero attached hydrogens (tertiary/aromatic N) is 2. The van der Waals surface area contributed by atoms with Crippen LogP contribution in [0.4, 0.5) is 0 Å². The van der Waals surface area contributed by atoms with Crippen molar-refractivity contribution in [3.63, 3.8) is 0 Å². The highest BCUT2D eigenvalue weighted by atomic mass is 16.1. The summed E-state index contributed by atoms with van der Waals surface area (Å²) in [6, 6.07) is 15.6. The maximum absolute atomic E-state index is 13.1. The minimum atomic E-state index is -0.0235. The van der Waals surface area contributed by atoms with Gasteiger partial charge in [0.05, 0.1) is 22.6 Å². The van der Waals surface area contributed by atoms with Gasteiger partial charge in [0.1, 0.15) is 5.82 Å². The van der Waals surface area contributed by atoms with Gasteiger partial charge in [0.15, 0.2) is 0 Å². The smallest absolute Gasteiger partial charge is 0.266 e. The van der Waals surface area contributed by atoms with Crippen molar-refractivity contribution in [3.05, 3.63) is 70.3 Å². The molecule has 0 aliphatic heterocycles. The molecule has 0 fully saturated rings. The van der Waals surface area contributed by atoms with Gasteiger partial charge < -0.3 is 5.32 Å². The Morgan fingerprint density at radius 2 is 1.79 bits per heavy atom. The molecule has 0 aliphatic rings. The minimum Gasteiger partial charge on any atom is -0.308 e. The summed E-state index contributed by atoms with van der Waals surface area (Å²) in [6.07, 6.45) is 0.978. The van der Waals surface area contributed by atoms with Crippen LogP contribution in [0.3, 0.4) is 0 Å². The Morgan fingerprint density at radius 1 is 1.08 bits per heavy atom. The average molecular weight is 321 g/mol. The van der Waals surface area contributed by atoms with Crippen LogP contribution in [-0.4, -0.2) is 16.1 Å². The third-order valence-electron chi connectivity index (χ3n) is 4.30. The van der Waals surface area contributed by atoms with Crippen molar-refractivity contribution in [2.45, 2.75) is 33.2 Å². The molecular weight excluding hydrogens is 298 g/mol. The molecule has 3 aromatic rings. The predicted octanol–water partition coefficient (Wildman–Crippen LogP) is 3.62. The average Bonchev–Trinajstić information content (AvgIpc) is 2.62. The Morgan fingerprint density at radius 3 is 2.46 bits per heavy atom. The fourth-order valence-electron chi connectivity index (χ4n) is 2.97. The van der Waals surface area contributed by atoms with Gasteiger partial charge in [-0.15, -0.1) is 0 Å². The molecule has 0 radical (unpaired) electrons. The van der Waals surface area contributed by atoms with Crippen molar-refractivity contribution < 1.29 is 0 Å². The highest BCUT2D eigenvalue weighted by Gasteiger charge is 2.17. The monoisotopic (exact) mass is 321 g/mol. The summed E-state index contributed by atoms with van der Waals surface area (Å²) in [5, 5.41) is 4.01. The fourth-order valence-corrected chi connectivity index (χ4v) is 2.97. The zero-order valence-corrected chi connectivity index (χ0v) is 14.4. The first-order valence-corrected chi connectivity index (χ1v) is 8.50. The van der Waals surface area contributed by atoms with Crippen LogP contribution in [0.2, 0.25) is 0 Å². The number of nitrogens with one attached hydrogen (secondary N) is 1. The summed E-state index contributed by atoms with van der Waals surface area (Å²) >= 11 is 0. The van der Waals surface area contributed by atoms with E-state index in [0.29, 0.717) is 5.39 Å². The Kier molecular flexibility index (Phi) is 4.76. The lowest BCUT2D eigenvalue weighted by molar-refractivity contribution is 0.551. The molecule has 124 valence electrons. The van der Waals surface area contributed by atoms with Crippen molar-refractivity contribution in [3.8, 4) is 5.69 Å². The maximum Gasteiger partial charge on any atom is 0.266 e. The van der Waals surface area contributed by atoms with Gasteiger partial charge in [-0.2, -0.15) is 0 Å². The Hall–Kier alpha value is -2.46. The summed E-state index contributed by atoms with van der Waals surface area (Å²) < 4.78 is 1.73. The summed E-state index contributed by atoms with van der Waals surface area (Å²) in [5.74, 6) is 0.741. The summed E-state index contributed by atoms with van der Waals surface area (Å²) in [7, 11) is 0. The zero-order chi connectivity index (χ0) is 17.1. The molecule has 0 amide bonds. The van der Waals surface area contributed by atoms with Crippen LogP contribution >= 0.6 is 0 Å². The fraction of sp³-hybridized carbons (Fsp3) is 0.300. The first kappa shape index (κ1) is 16.4. The molecule has 2 aromatic carbocycles. The van der Waals surface area contributed by atoms with Gasteiger partial charge in [0, 0.05) is 0 Å². The Bertz CT molecular complexity index is 897.